The van der Waals surface area contributed by atoms with Crippen molar-refractivity contribution < 1.29 is 19.4 Å². The average molecular weight is 471 g/mol. The van der Waals surface area contributed by atoms with Gasteiger partial charge in [0, 0.05) is 35.4 Å². The fourth-order valence-corrected chi connectivity index (χ4v) is 3.96. The summed E-state index contributed by atoms with van der Waals surface area (Å²) in [5.41, 5.74) is 1.18. The number of pyridine rings is 1. The van der Waals surface area contributed by atoms with Crippen LogP contribution in [0, 0.1) is 0 Å². The smallest absolute Gasteiger partial charge is 0.417 e. The molecule has 0 saturated carbocycles. The number of anilines is 3. The third-order valence-electron chi connectivity index (χ3n) is 4.91. The van der Waals surface area contributed by atoms with E-state index in [9.17, 15) is 14.7 Å². The molecule has 0 aliphatic carbocycles. The number of fused-ring (bicyclic) bond motifs is 1. The Balaban J connectivity index is 1.38. The standard InChI is InChI=1S/C24H17N5O4S/c30-23(27-22-26-11-13-34-22)28-12-9-16-14-18(6-7-20(16)28)33-19-8-10-25-21(15-19)29(24(31)32)17-4-2-1-3-5-17/h1-15H,(H,31,32)(H,26,27,30). The lowest BCUT2D eigenvalue weighted by Gasteiger charge is -2.18. The van der Waals surface area contributed by atoms with Crippen molar-refractivity contribution in [2.75, 3.05) is 10.2 Å². The molecule has 5 aromatic rings. The number of carboxylic acid groups (broad SMARTS) is 1. The van der Waals surface area contributed by atoms with Crippen LogP contribution >= 0.6 is 11.3 Å². The van der Waals surface area contributed by atoms with Crippen molar-refractivity contribution in [3.63, 3.8) is 0 Å². The van der Waals surface area contributed by atoms with Crippen molar-refractivity contribution in [2.45, 2.75) is 0 Å². The minimum atomic E-state index is -1.16. The van der Waals surface area contributed by atoms with Gasteiger partial charge in [-0.2, -0.15) is 0 Å². The predicted octanol–water partition coefficient (Wildman–Crippen LogP) is 6.18. The van der Waals surface area contributed by atoms with Gasteiger partial charge in [-0.1, -0.05) is 18.2 Å². The molecule has 0 bridgehead atoms. The minimum Gasteiger partial charge on any atom is -0.464 e. The van der Waals surface area contributed by atoms with Gasteiger partial charge in [0.2, 0.25) is 0 Å². The number of thiazole rings is 1. The number of carbonyl (C=O) groups is 2. The van der Waals surface area contributed by atoms with Crippen molar-refractivity contribution in [2.24, 2.45) is 0 Å². The molecular weight excluding hydrogens is 454 g/mol. The summed E-state index contributed by atoms with van der Waals surface area (Å²) in [6.07, 6.45) is 3.63. The Morgan fingerprint density at radius 1 is 0.971 bits per heavy atom. The van der Waals surface area contributed by atoms with Gasteiger partial charge in [-0.25, -0.2) is 24.5 Å². The highest BCUT2D eigenvalue weighted by atomic mass is 32.1. The van der Waals surface area contributed by atoms with Gasteiger partial charge < -0.3 is 9.84 Å². The molecule has 9 nitrogen and oxygen atoms in total. The van der Waals surface area contributed by atoms with E-state index in [4.69, 9.17) is 4.74 Å². The zero-order chi connectivity index (χ0) is 23.5. The summed E-state index contributed by atoms with van der Waals surface area (Å²) in [6.45, 7) is 0. The molecule has 3 heterocycles. The molecule has 0 aliphatic rings. The molecule has 10 heteroatoms. The SMILES string of the molecule is O=C(O)N(c1ccccc1)c1cc(Oc2ccc3c(ccn3C(=O)Nc3nccs3)c2)ccn1. The third kappa shape index (κ3) is 4.30. The van der Waals surface area contributed by atoms with E-state index in [1.54, 1.807) is 72.4 Å². The number of nitrogens with zero attached hydrogens (tertiary/aromatic N) is 4. The maximum absolute atomic E-state index is 12.6. The van der Waals surface area contributed by atoms with Crippen molar-refractivity contribution in [3.8, 4) is 11.5 Å². The second kappa shape index (κ2) is 9.04. The van der Waals surface area contributed by atoms with Crippen LogP contribution in [-0.2, 0) is 0 Å². The number of nitrogens with one attached hydrogen (secondary N) is 1. The van der Waals surface area contributed by atoms with Gasteiger partial charge in [0.15, 0.2) is 5.13 Å². The van der Waals surface area contributed by atoms with Crippen molar-refractivity contribution in [1.82, 2.24) is 14.5 Å². The number of amides is 2. The van der Waals surface area contributed by atoms with E-state index in [0.717, 1.165) is 10.3 Å². The number of benzene rings is 2. The largest absolute Gasteiger partial charge is 0.464 e. The highest BCUT2D eigenvalue weighted by molar-refractivity contribution is 7.13. The van der Waals surface area contributed by atoms with Gasteiger partial charge in [0.25, 0.3) is 0 Å². The van der Waals surface area contributed by atoms with E-state index >= 15 is 0 Å². The number of hydrogen-bond acceptors (Lipinski definition) is 6. The van der Waals surface area contributed by atoms with Gasteiger partial charge in [-0.15, -0.1) is 11.3 Å². The highest BCUT2D eigenvalue weighted by Gasteiger charge is 2.19. The van der Waals surface area contributed by atoms with Crippen LogP contribution < -0.4 is 15.0 Å². The number of rotatable bonds is 5. The fourth-order valence-electron chi connectivity index (χ4n) is 3.44. The van der Waals surface area contributed by atoms with E-state index in [-0.39, 0.29) is 11.8 Å². The summed E-state index contributed by atoms with van der Waals surface area (Å²) in [7, 11) is 0. The molecule has 2 N–H and O–H groups in total. The first kappa shape index (κ1) is 21.2. The van der Waals surface area contributed by atoms with Crippen molar-refractivity contribution >= 4 is 51.0 Å². The molecule has 0 fully saturated rings. The molecule has 0 atom stereocenters. The maximum Gasteiger partial charge on any atom is 0.417 e. The summed E-state index contributed by atoms with van der Waals surface area (Å²) < 4.78 is 7.47. The van der Waals surface area contributed by atoms with Gasteiger partial charge in [-0.05, 0) is 42.5 Å². The maximum atomic E-state index is 12.6. The molecule has 168 valence electrons. The molecule has 34 heavy (non-hydrogen) atoms. The first-order valence-electron chi connectivity index (χ1n) is 10.1. The summed E-state index contributed by atoms with van der Waals surface area (Å²) in [4.78, 5) is 33.8. The molecular formula is C24H17N5O4S. The van der Waals surface area contributed by atoms with Crippen molar-refractivity contribution in [1.29, 1.82) is 0 Å². The van der Waals surface area contributed by atoms with Gasteiger partial charge in [-0.3, -0.25) is 9.88 Å². The second-order valence-electron chi connectivity index (χ2n) is 7.08. The van der Waals surface area contributed by atoms with E-state index in [0.29, 0.717) is 27.8 Å². The first-order valence-corrected chi connectivity index (χ1v) is 11.0. The van der Waals surface area contributed by atoms with Crippen LogP contribution in [0.2, 0.25) is 0 Å². The van der Waals surface area contributed by atoms with Gasteiger partial charge >= 0.3 is 12.1 Å². The number of para-hydroxylation sites is 1. The van der Waals surface area contributed by atoms with Crippen LogP contribution in [0.5, 0.6) is 11.5 Å². The highest BCUT2D eigenvalue weighted by Crippen LogP contribution is 2.30. The van der Waals surface area contributed by atoms with E-state index in [1.165, 1.54) is 22.1 Å². The number of hydrogen-bond donors (Lipinski definition) is 2. The summed E-state index contributed by atoms with van der Waals surface area (Å²) in [5.74, 6) is 1.17. The first-order chi connectivity index (χ1) is 16.6. The Kier molecular flexibility index (Phi) is 5.63. The topological polar surface area (TPSA) is 110 Å². The van der Waals surface area contributed by atoms with Crippen LogP contribution in [-0.4, -0.2) is 31.8 Å². The van der Waals surface area contributed by atoms with Gasteiger partial charge in [0.05, 0.1) is 11.2 Å². The predicted molar refractivity (Wildman–Crippen MR) is 129 cm³/mol. The molecule has 0 saturated heterocycles. The van der Waals surface area contributed by atoms with Crippen LogP contribution in [0.4, 0.5) is 26.2 Å². The molecule has 3 aromatic heterocycles. The molecule has 0 spiro atoms. The second-order valence-corrected chi connectivity index (χ2v) is 7.97. The van der Waals surface area contributed by atoms with Crippen molar-refractivity contribution in [3.05, 3.63) is 90.7 Å². The number of aromatic nitrogens is 3. The minimum absolute atomic E-state index is 0.210. The zero-order valence-corrected chi connectivity index (χ0v) is 18.3. The monoisotopic (exact) mass is 471 g/mol. The normalized spacial score (nSPS) is 10.7. The molecule has 0 radical (unpaired) electrons. The summed E-state index contributed by atoms with van der Waals surface area (Å²) in [6, 6.07) is 18.7. The third-order valence-corrected chi connectivity index (χ3v) is 5.60. The van der Waals surface area contributed by atoms with Gasteiger partial charge in [0.1, 0.15) is 17.3 Å². The fraction of sp³-hybridized carbons (Fsp3) is 0. The molecule has 0 unspecified atom stereocenters. The summed E-state index contributed by atoms with van der Waals surface area (Å²) >= 11 is 1.34. The lowest BCUT2D eigenvalue weighted by atomic mass is 10.2. The van der Waals surface area contributed by atoms with Crippen LogP contribution in [0.1, 0.15) is 0 Å². The lowest BCUT2D eigenvalue weighted by Crippen LogP contribution is -2.24. The van der Waals surface area contributed by atoms with Crippen LogP contribution in [0.25, 0.3) is 10.9 Å². The molecule has 2 aromatic carbocycles. The van der Waals surface area contributed by atoms with E-state index in [1.807, 2.05) is 12.1 Å². The Morgan fingerprint density at radius 2 is 1.79 bits per heavy atom. The quantitative estimate of drug-likeness (QED) is 0.317. The molecule has 2 amide bonds. The number of carbonyl (C=O) groups excluding carboxylic acids is 1. The lowest BCUT2D eigenvalue weighted by molar-refractivity contribution is 0.204. The number of ether oxygens (including phenoxy) is 1. The van der Waals surface area contributed by atoms with E-state index in [2.05, 4.69) is 15.3 Å². The van der Waals surface area contributed by atoms with E-state index < -0.39 is 6.09 Å². The van der Waals surface area contributed by atoms with Crippen LogP contribution in [0.3, 0.4) is 0 Å². The Morgan fingerprint density at radius 3 is 2.56 bits per heavy atom. The molecule has 5 rings (SSSR count). The van der Waals surface area contributed by atoms with Crippen LogP contribution in [0.15, 0.2) is 90.7 Å². The zero-order valence-electron chi connectivity index (χ0n) is 17.5. The average Bonchev–Trinajstić information content (AvgIpc) is 3.49. The summed E-state index contributed by atoms with van der Waals surface area (Å²) in [5, 5.41) is 15.6. The Labute approximate surface area is 197 Å². The Bertz CT molecular complexity index is 1470. The Hall–Kier alpha value is -4.70. The molecule has 0 aliphatic heterocycles.